The first-order chi connectivity index (χ1) is 5.00. The predicted octanol–water partition coefficient (Wildman–Crippen LogP) is -2.52. The van der Waals surface area contributed by atoms with Gasteiger partial charge in [-0.25, -0.2) is 0 Å². The first kappa shape index (κ1) is 11.4. The lowest BCUT2D eigenvalue weighted by atomic mass is 8.82. The molecule has 0 aromatic heterocycles. The van der Waals surface area contributed by atoms with E-state index in [-0.39, 0.29) is 0 Å². The Morgan fingerprint density at radius 3 is 1.64 bits per heavy atom. The average molecular weight is 143 g/mol. The molecule has 0 saturated heterocycles. The largest absolute Gasteiger partial charge is 0.116 e. The minimum atomic E-state index is -0.739. The Morgan fingerprint density at radius 1 is 1.09 bits per heavy atom. The van der Waals surface area contributed by atoms with Gasteiger partial charge in [-0.1, -0.05) is 5.02 Å². The summed E-state index contributed by atoms with van der Waals surface area (Å²) in [7, 11) is 26.7. The minimum Gasteiger partial charge on any atom is -0.116 e. The zero-order valence-electron chi connectivity index (χ0n) is 6.03. The number of thiocarbonyl (C=S) groups is 1. The van der Waals surface area contributed by atoms with Gasteiger partial charge in [0.25, 0.3) is 0 Å². The summed E-state index contributed by atoms with van der Waals surface area (Å²) in [6, 6.07) is 0. The van der Waals surface area contributed by atoms with Crippen molar-refractivity contribution in [3.05, 3.63) is 5.37 Å². The summed E-state index contributed by atoms with van der Waals surface area (Å²) < 4.78 is 0. The van der Waals surface area contributed by atoms with Gasteiger partial charge in [0, 0.05) is 45.1 Å². The first-order valence-electron chi connectivity index (χ1n) is 3.03. The van der Waals surface area contributed by atoms with Crippen molar-refractivity contribution in [2.24, 2.45) is 0 Å². The highest BCUT2D eigenvalue weighted by atomic mass is 32.1. The van der Waals surface area contributed by atoms with Crippen molar-refractivity contribution in [1.29, 1.82) is 0 Å². The van der Waals surface area contributed by atoms with Gasteiger partial charge in [-0.2, -0.15) is 0 Å². The van der Waals surface area contributed by atoms with Crippen molar-refractivity contribution in [1.82, 2.24) is 0 Å². The van der Waals surface area contributed by atoms with Crippen LogP contribution in [0.25, 0.3) is 0 Å². The van der Waals surface area contributed by atoms with E-state index in [1.807, 2.05) is 0 Å². The molecule has 0 N–H and O–H groups in total. The van der Waals surface area contributed by atoms with E-state index in [0.29, 0.717) is 5.37 Å². The van der Waals surface area contributed by atoms with Crippen LogP contribution in [0.4, 0.5) is 0 Å². The fourth-order valence-corrected chi connectivity index (χ4v) is 0.838. The Balaban J connectivity index is 4.41. The predicted molar refractivity (Wildman–Crippen MR) is 62.1 cm³/mol. The molecule has 0 saturated carbocycles. The van der Waals surface area contributed by atoms with Gasteiger partial charge in [0.15, 0.2) is 0 Å². The van der Waals surface area contributed by atoms with Gasteiger partial charge in [0.1, 0.15) is 0 Å². The van der Waals surface area contributed by atoms with Crippen LogP contribution in [0.15, 0.2) is 5.37 Å². The molecule has 9 heteroatoms. The van der Waals surface area contributed by atoms with Crippen molar-refractivity contribution >= 4 is 75.3 Å². The van der Waals surface area contributed by atoms with Gasteiger partial charge in [0.05, 0.1) is 13.0 Å². The second kappa shape index (κ2) is 5.11. The summed E-state index contributed by atoms with van der Waals surface area (Å²) in [4.78, 5) is 0. The molecule has 0 aromatic carbocycles. The zero-order valence-corrected chi connectivity index (χ0v) is 6.84. The molecule has 0 nitrogen and oxygen atoms in total. The molecule has 0 aliphatic carbocycles. The second-order valence-electron chi connectivity index (χ2n) is 2.19. The lowest BCUT2D eigenvalue weighted by Gasteiger charge is -2.16. The maximum atomic E-state index is 5.50. The molecule has 0 rings (SSSR count). The fraction of sp³-hybridized carbons (Fsp3) is 0. The average Bonchev–Trinajstić information content (AvgIpc) is 1.88. The Bertz CT molecular complexity index is 169. The van der Waals surface area contributed by atoms with Crippen LogP contribution in [0, 0.1) is 0 Å². The van der Waals surface area contributed by atoms with Crippen molar-refractivity contribution in [3.63, 3.8) is 0 Å². The molecule has 0 aromatic rings. The molecule has 10 radical (unpaired) electrons. The maximum absolute atomic E-state index is 5.50. The number of rotatable bonds is 3. The van der Waals surface area contributed by atoms with Gasteiger partial charge < -0.3 is 0 Å². The van der Waals surface area contributed by atoms with Crippen LogP contribution in [-0.4, -0.2) is 63.1 Å². The second-order valence-corrected chi connectivity index (χ2v) is 2.39. The third-order valence-electron chi connectivity index (χ3n) is 1.25. The molecule has 0 heterocycles. The summed E-state index contributed by atoms with van der Waals surface area (Å²) in [5.74, 6) is 0. The first-order valence-corrected chi connectivity index (χ1v) is 3.44. The molecule has 0 fully saturated rings. The van der Waals surface area contributed by atoms with E-state index in [0.717, 1.165) is 0 Å². The lowest BCUT2D eigenvalue weighted by Crippen LogP contribution is -2.45. The van der Waals surface area contributed by atoms with Crippen LogP contribution in [-0.2, 0) is 0 Å². The molecule has 0 atom stereocenters. The summed E-state index contributed by atoms with van der Waals surface area (Å²) in [6.45, 7) is -1.36. The molecular formula is C2B8S. The molecule has 0 spiro atoms. The highest BCUT2D eigenvalue weighted by molar-refractivity contribution is 7.79. The van der Waals surface area contributed by atoms with E-state index in [2.05, 4.69) is 17.2 Å². The lowest BCUT2D eigenvalue weighted by molar-refractivity contribution is 2.53. The Hall–Kier alpha value is 0.389. The molecule has 0 unspecified atom stereocenters. The smallest absolute Gasteiger partial charge is 0.0733 e. The van der Waals surface area contributed by atoms with E-state index in [9.17, 15) is 0 Å². The number of hydrogen-bond donors (Lipinski definition) is 0. The van der Waals surface area contributed by atoms with E-state index in [1.165, 1.54) is 0 Å². The topological polar surface area (TPSA) is 0 Å². The van der Waals surface area contributed by atoms with Crippen LogP contribution in [0.5, 0.6) is 0 Å². The summed E-state index contributed by atoms with van der Waals surface area (Å²) >= 11 is 4.51. The minimum absolute atomic E-state index is 0.370. The quantitative estimate of drug-likeness (QED) is 0.310. The Labute approximate surface area is 80.9 Å². The van der Waals surface area contributed by atoms with Crippen LogP contribution in [0.1, 0.15) is 0 Å². The van der Waals surface area contributed by atoms with Gasteiger partial charge >= 0.3 is 0 Å². The SMILES string of the molecule is [B]B([B])B([B])C(=C=S)B([B])[B]. The highest BCUT2D eigenvalue weighted by Gasteiger charge is 2.18. The molecule has 38 valence electrons. The standard InChI is InChI=1S/C2B8S/c3-8(4)2(1-11)9(5)10(6)7. The Morgan fingerprint density at radius 2 is 1.55 bits per heavy atom. The van der Waals surface area contributed by atoms with Gasteiger partial charge in [-0.05, 0) is 12.2 Å². The molecule has 0 aliphatic heterocycles. The van der Waals surface area contributed by atoms with Crippen LogP contribution < -0.4 is 0 Å². The van der Waals surface area contributed by atoms with Crippen LogP contribution in [0.2, 0.25) is 0 Å². The van der Waals surface area contributed by atoms with Crippen LogP contribution >= 0.6 is 12.2 Å². The van der Waals surface area contributed by atoms with Crippen molar-refractivity contribution in [2.45, 2.75) is 0 Å². The van der Waals surface area contributed by atoms with Gasteiger partial charge in [-0.3, -0.25) is 0 Å². The molecular weight excluding hydrogens is 143 g/mol. The summed E-state index contributed by atoms with van der Waals surface area (Å²) in [5.41, 5.74) is 0. The third-order valence-corrected chi connectivity index (χ3v) is 1.49. The monoisotopic (exact) mass is 144 g/mol. The summed E-state index contributed by atoms with van der Waals surface area (Å²) in [6.07, 6.45) is -0.713. The third kappa shape index (κ3) is 3.53. The van der Waals surface area contributed by atoms with E-state index < -0.39 is 19.4 Å². The zero-order chi connectivity index (χ0) is 9.02. The van der Waals surface area contributed by atoms with Crippen molar-refractivity contribution in [3.8, 4) is 0 Å². The van der Waals surface area contributed by atoms with Gasteiger partial charge in [0.2, 0.25) is 0 Å². The maximum Gasteiger partial charge on any atom is 0.0733 e. The van der Waals surface area contributed by atoms with Crippen molar-refractivity contribution < 1.29 is 0 Å². The fourth-order valence-electron chi connectivity index (χ4n) is 0.566. The Kier molecular flexibility index (Phi) is 5.29. The molecule has 0 amide bonds. The van der Waals surface area contributed by atoms with Crippen LogP contribution in [0.3, 0.4) is 0 Å². The van der Waals surface area contributed by atoms with E-state index >= 15 is 0 Å². The van der Waals surface area contributed by atoms with E-state index in [1.54, 1.807) is 0 Å². The molecule has 0 aliphatic rings. The van der Waals surface area contributed by atoms with E-state index in [4.69, 9.17) is 38.7 Å². The highest BCUT2D eigenvalue weighted by Crippen LogP contribution is 1.95. The molecule has 0 bridgehead atoms. The normalized spacial score (nSPS) is 8.00. The van der Waals surface area contributed by atoms with Crippen molar-refractivity contribution in [2.75, 3.05) is 0 Å². The molecule has 11 heavy (non-hydrogen) atoms. The summed E-state index contributed by atoms with van der Waals surface area (Å²) in [5, 5.41) is 2.72. The van der Waals surface area contributed by atoms with Gasteiger partial charge in [-0.15, -0.1) is 5.37 Å². The number of hydrogen-bond acceptors (Lipinski definition) is 1.